The molecular formula is C23H19BrN2O5. The third kappa shape index (κ3) is 3.55. The van der Waals surface area contributed by atoms with E-state index in [2.05, 4.69) is 20.9 Å². The molecule has 1 N–H and O–H groups in total. The molecule has 1 saturated heterocycles. The van der Waals surface area contributed by atoms with E-state index in [1.807, 2.05) is 12.1 Å². The second-order valence-electron chi connectivity index (χ2n) is 7.66. The van der Waals surface area contributed by atoms with Crippen molar-refractivity contribution in [3.63, 3.8) is 0 Å². The van der Waals surface area contributed by atoms with Crippen molar-refractivity contribution in [3.8, 4) is 0 Å². The summed E-state index contributed by atoms with van der Waals surface area (Å²) in [6.45, 7) is 0.937. The largest absolute Gasteiger partial charge is 0.503 e. The summed E-state index contributed by atoms with van der Waals surface area (Å²) in [5, 5.41) is 11.5. The number of benzene rings is 1. The summed E-state index contributed by atoms with van der Waals surface area (Å²) in [4.78, 5) is 32.0. The molecule has 31 heavy (non-hydrogen) atoms. The Hall–Kier alpha value is -2.97. The van der Waals surface area contributed by atoms with Crippen LogP contribution in [0.5, 0.6) is 0 Å². The number of ketones is 1. The highest BCUT2D eigenvalue weighted by Crippen LogP contribution is 2.40. The molecule has 0 aliphatic carbocycles. The molecule has 7 nitrogen and oxygen atoms in total. The van der Waals surface area contributed by atoms with Crippen molar-refractivity contribution in [2.75, 3.05) is 13.2 Å². The van der Waals surface area contributed by atoms with Crippen LogP contribution in [0, 0.1) is 0 Å². The molecule has 0 saturated carbocycles. The van der Waals surface area contributed by atoms with Gasteiger partial charge in [-0.3, -0.25) is 14.6 Å². The van der Waals surface area contributed by atoms with Gasteiger partial charge in [0.25, 0.3) is 5.91 Å². The lowest BCUT2D eigenvalue weighted by Crippen LogP contribution is -2.37. The van der Waals surface area contributed by atoms with Crippen LogP contribution in [0.4, 0.5) is 0 Å². The van der Waals surface area contributed by atoms with E-state index < -0.39 is 23.5 Å². The molecule has 0 bridgehead atoms. The van der Waals surface area contributed by atoms with Gasteiger partial charge in [0, 0.05) is 35.4 Å². The fourth-order valence-corrected chi connectivity index (χ4v) is 4.61. The van der Waals surface area contributed by atoms with Crippen molar-refractivity contribution in [2.45, 2.75) is 25.0 Å². The van der Waals surface area contributed by atoms with E-state index in [1.54, 1.807) is 36.7 Å². The number of carbonyl (C=O) groups is 2. The minimum absolute atomic E-state index is 0.00678. The summed E-state index contributed by atoms with van der Waals surface area (Å²) in [5.41, 5.74) is 1.24. The zero-order valence-electron chi connectivity index (χ0n) is 16.5. The highest BCUT2D eigenvalue weighted by atomic mass is 79.9. The topological polar surface area (TPSA) is 92.9 Å². The van der Waals surface area contributed by atoms with Crippen LogP contribution < -0.4 is 0 Å². The van der Waals surface area contributed by atoms with Crippen molar-refractivity contribution < 1.29 is 23.8 Å². The Kier molecular flexibility index (Phi) is 5.11. The van der Waals surface area contributed by atoms with Crippen molar-refractivity contribution in [3.05, 3.63) is 75.9 Å². The van der Waals surface area contributed by atoms with E-state index in [0.29, 0.717) is 24.3 Å². The van der Waals surface area contributed by atoms with Crippen molar-refractivity contribution in [1.82, 2.24) is 9.88 Å². The highest BCUT2D eigenvalue weighted by Gasteiger charge is 2.45. The van der Waals surface area contributed by atoms with Gasteiger partial charge in [-0.05, 0) is 54.8 Å². The first-order valence-corrected chi connectivity index (χ1v) is 10.8. The number of fused-ring (bicyclic) bond motifs is 1. The van der Waals surface area contributed by atoms with Gasteiger partial charge in [-0.1, -0.05) is 15.9 Å². The number of aromatic nitrogens is 1. The zero-order valence-corrected chi connectivity index (χ0v) is 18.0. The Balaban J connectivity index is 1.56. The maximum Gasteiger partial charge on any atom is 0.290 e. The first-order valence-electron chi connectivity index (χ1n) is 10.0. The summed E-state index contributed by atoms with van der Waals surface area (Å²) >= 11 is 3.41. The van der Waals surface area contributed by atoms with E-state index in [9.17, 15) is 14.7 Å². The van der Waals surface area contributed by atoms with Gasteiger partial charge in [0.2, 0.25) is 5.78 Å². The Morgan fingerprint density at radius 2 is 2.03 bits per heavy atom. The number of Topliss-reactive ketones (excluding diaryl/α,β-unsaturated/α-hetero) is 1. The second kappa shape index (κ2) is 7.94. The number of halogens is 1. The zero-order chi connectivity index (χ0) is 21.5. The highest BCUT2D eigenvalue weighted by molar-refractivity contribution is 9.10. The molecule has 2 atom stereocenters. The molecular weight excluding hydrogens is 464 g/mol. The molecule has 1 amide bonds. The molecule has 1 fully saturated rings. The standard InChI is InChI=1S/C23H19BrN2O5/c24-15-3-4-17-14(10-15)11-18(31-17)21(27)19-20(13-5-7-25-8-6-13)26(23(29)22(19)28)12-16-2-1-9-30-16/h3-8,10-11,16,20,28H,1-2,9,12H2. The molecule has 3 aromatic rings. The number of nitrogens with zero attached hydrogens (tertiary/aromatic N) is 2. The lowest BCUT2D eigenvalue weighted by molar-refractivity contribution is -0.131. The first-order chi connectivity index (χ1) is 15.0. The van der Waals surface area contributed by atoms with E-state index in [1.165, 1.54) is 4.90 Å². The van der Waals surface area contributed by atoms with Gasteiger partial charge < -0.3 is 19.2 Å². The monoisotopic (exact) mass is 482 g/mol. The van der Waals surface area contributed by atoms with Gasteiger partial charge in [-0.25, -0.2) is 0 Å². The molecule has 2 aliphatic heterocycles. The van der Waals surface area contributed by atoms with Crippen LogP contribution >= 0.6 is 15.9 Å². The van der Waals surface area contributed by atoms with Gasteiger partial charge in [0.1, 0.15) is 5.58 Å². The SMILES string of the molecule is O=C(C1=C(O)C(=O)N(CC2CCCO2)C1c1ccncc1)c1cc2cc(Br)ccc2o1. The van der Waals surface area contributed by atoms with Crippen LogP contribution in [-0.4, -0.2) is 45.9 Å². The number of hydrogen-bond donors (Lipinski definition) is 1. The number of ether oxygens (including phenoxy) is 1. The molecule has 2 unspecified atom stereocenters. The van der Waals surface area contributed by atoms with Gasteiger partial charge in [0.15, 0.2) is 11.5 Å². The van der Waals surface area contributed by atoms with Crippen LogP contribution in [0.25, 0.3) is 11.0 Å². The first kappa shape index (κ1) is 20.0. The molecule has 5 rings (SSSR count). The van der Waals surface area contributed by atoms with Crippen molar-refractivity contribution in [2.24, 2.45) is 0 Å². The molecule has 4 heterocycles. The van der Waals surface area contributed by atoms with Crippen LogP contribution in [0.15, 0.2) is 69.0 Å². The number of aliphatic hydroxyl groups excluding tert-OH is 1. The number of carbonyl (C=O) groups excluding carboxylic acids is 2. The molecule has 0 radical (unpaired) electrons. The summed E-state index contributed by atoms with van der Waals surface area (Å²) in [5.74, 6) is -1.58. The normalized spacial score (nSPS) is 21.5. The predicted octanol–water partition coefficient (Wildman–Crippen LogP) is 4.35. The van der Waals surface area contributed by atoms with Crippen molar-refractivity contribution in [1.29, 1.82) is 0 Å². The minimum atomic E-state index is -0.743. The van der Waals surface area contributed by atoms with Gasteiger partial charge in [-0.15, -0.1) is 0 Å². The number of rotatable bonds is 5. The number of furan rings is 1. The Morgan fingerprint density at radius 3 is 2.77 bits per heavy atom. The van der Waals surface area contributed by atoms with Crippen LogP contribution in [0.1, 0.15) is 35.0 Å². The Morgan fingerprint density at radius 1 is 1.23 bits per heavy atom. The van der Waals surface area contributed by atoms with Crippen LogP contribution in [-0.2, 0) is 9.53 Å². The van der Waals surface area contributed by atoms with E-state index >= 15 is 0 Å². The Labute approximate surface area is 186 Å². The van der Waals surface area contributed by atoms with Crippen LogP contribution in [0.3, 0.4) is 0 Å². The third-order valence-corrected chi connectivity index (χ3v) is 6.19. The van der Waals surface area contributed by atoms with Gasteiger partial charge in [0.05, 0.1) is 17.7 Å². The lowest BCUT2D eigenvalue weighted by Gasteiger charge is -2.28. The summed E-state index contributed by atoms with van der Waals surface area (Å²) < 4.78 is 12.3. The fraction of sp³-hybridized carbons (Fsp3) is 0.261. The smallest absolute Gasteiger partial charge is 0.290 e. The predicted molar refractivity (Wildman–Crippen MR) is 116 cm³/mol. The summed E-state index contributed by atoms with van der Waals surface area (Å²) in [6.07, 6.45) is 4.82. The van der Waals surface area contributed by atoms with Gasteiger partial charge in [-0.2, -0.15) is 0 Å². The van der Waals surface area contributed by atoms with Crippen LogP contribution in [0.2, 0.25) is 0 Å². The summed E-state index contributed by atoms with van der Waals surface area (Å²) in [6, 6.07) is 9.78. The van der Waals surface area contributed by atoms with E-state index in [4.69, 9.17) is 9.15 Å². The minimum Gasteiger partial charge on any atom is -0.503 e. The number of hydrogen-bond acceptors (Lipinski definition) is 6. The molecule has 0 spiro atoms. The van der Waals surface area contributed by atoms with E-state index in [-0.39, 0.29) is 17.4 Å². The number of amides is 1. The Bertz CT molecular complexity index is 1200. The van der Waals surface area contributed by atoms with Gasteiger partial charge >= 0.3 is 0 Å². The quantitative estimate of drug-likeness (QED) is 0.543. The lowest BCUT2D eigenvalue weighted by atomic mass is 9.95. The number of aliphatic hydroxyl groups is 1. The average Bonchev–Trinajstić information content (AvgIpc) is 3.49. The molecule has 158 valence electrons. The molecule has 8 heteroatoms. The maximum atomic E-state index is 13.5. The maximum absolute atomic E-state index is 13.5. The van der Waals surface area contributed by atoms with Crippen molar-refractivity contribution >= 4 is 38.6 Å². The second-order valence-corrected chi connectivity index (χ2v) is 8.58. The molecule has 1 aromatic carbocycles. The number of pyridine rings is 1. The summed E-state index contributed by atoms with van der Waals surface area (Å²) in [7, 11) is 0. The van der Waals surface area contributed by atoms with E-state index in [0.717, 1.165) is 22.7 Å². The third-order valence-electron chi connectivity index (χ3n) is 5.70. The average molecular weight is 483 g/mol. The molecule has 2 aromatic heterocycles. The molecule has 2 aliphatic rings. The fourth-order valence-electron chi connectivity index (χ4n) is 4.23.